The summed E-state index contributed by atoms with van der Waals surface area (Å²) in [6.07, 6.45) is 2.46. The predicted molar refractivity (Wildman–Crippen MR) is 65.0 cm³/mol. The van der Waals surface area contributed by atoms with Crippen LogP contribution in [0.25, 0.3) is 5.78 Å². The van der Waals surface area contributed by atoms with Crippen molar-refractivity contribution < 1.29 is 9.47 Å². The van der Waals surface area contributed by atoms with Crippen molar-refractivity contribution in [2.45, 2.75) is 13.3 Å². The molecule has 1 unspecified atom stereocenters. The van der Waals surface area contributed by atoms with Crippen LogP contribution in [0.2, 0.25) is 5.15 Å². The van der Waals surface area contributed by atoms with Gasteiger partial charge in [-0.1, -0.05) is 11.6 Å². The van der Waals surface area contributed by atoms with E-state index in [-0.39, 0.29) is 0 Å². The smallest absolute Gasteiger partial charge is 0.256 e. The highest BCUT2D eigenvalue weighted by Crippen LogP contribution is 2.25. The van der Waals surface area contributed by atoms with Crippen LogP contribution in [0.4, 0.5) is 0 Å². The number of halogens is 1. The van der Waals surface area contributed by atoms with E-state index in [4.69, 9.17) is 21.1 Å². The summed E-state index contributed by atoms with van der Waals surface area (Å²) in [6, 6.07) is 0. The third-order valence-corrected chi connectivity index (χ3v) is 3.40. The molecule has 0 spiro atoms. The summed E-state index contributed by atoms with van der Waals surface area (Å²) >= 11 is 6.05. The van der Waals surface area contributed by atoms with Crippen LogP contribution in [0.1, 0.15) is 12.0 Å². The molecule has 3 rings (SSSR count). The van der Waals surface area contributed by atoms with Crippen molar-refractivity contribution >= 4 is 17.4 Å². The van der Waals surface area contributed by atoms with Gasteiger partial charge in [0, 0.05) is 18.1 Å². The SMILES string of the molecule is Cc1c(Cl)nc2ncnn2c1OCC1CCOC1. The van der Waals surface area contributed by atoms with Gasteiger partial charge in [-0.15, -0.1) is 0 Å². The van der Waals surface area contributed by atoms with Crippen molar-refractivity contribution in [2.24, 2.45) is 5.92 Å². The lowest BCUT2D eigenvalue weighted by molar-refractivity contribution is 0.164. The second kappa shape index (κ2) is 4.70. The van der Waals surface area contributed by atoms with Crippen molar-refractivity contribution in [3.63, 3.8) is 0 Å². The van der Waals surface area contributed by atoms with E-state index < -0.39 is 0 Å². The van der Waals surface area contributed by atoms with E-state index in [9.17, 15) is 0 Å². The first-order valence-corrected chi connectivity index (χ1v) is 6.20. The second-order valence-electron chi connectivity index (χ2n) is 4.35. The summed E-state index contributed by atoms with van der Waals surface area (Å²) in [5.74, 6) is 1.48. The van der Waals surface area contributed by atoms with Gasteiger partial charge in [0.1, 0.15) is 11.5 Å². The molecule has 2 aromatic rings. The molecule has 0 aliphatic carbocycles. The molecule has 1 aliphatic heterocycles. The van der Waals surface area contributed by atoms with Gasteiger partial charge in [0.05, 0.1) is 13.2 Å². The molecule has 6 nitrogen and oxygen atoms in total. The third kappa shape index (κ3) is 2.02. The van der Waals surface area contributed by atoms with E-state index in [1.54, 1.807) is 4.52 Å². The molecule has 0 aromatic carbocycles. The largest absolute Gasteiger partial charge is 0.477 e. The first-order valence-electron chi connectivity index (χ1n) is 5.82. The quantitative estimate of drug-likeness (QED) is 0.790. The van der Waals surface area contributed by atoms with E-state index in [0.29, 0.717) is 29.3 Å². The van der Waals surface area contributed by atoms with Crippen molar-refractivity contribution in [1.82, 2.24) is 19.6 Å². The molecule has 1 aliphatic rings. The third-order valence-electron chi connectivity index (χ3n) is 3.03. The Morgan fingerprint density at radius 2 is 2.50 bits per heavy atom. The van der Waals surface area contributed by atoms with Crippen molar-refractivity contribution in [1.29, 1.82) is 0 Å². The summed E-state index contributed by atoms with van der Waals surface area (Å²) in [7, 11) is 0. The number of fused-ring (bicyclic) bond motifs is 1. The zero-order valence-electron chi connectivity index (χ0n) is 9.97. The van der Waals surface area contributed by atoms with Crippen molar-refractivity contribution in [3.05, 3.63) is 17.0 Å². The number of hydrogen-bond donors (Lipinski definition) is 0. The maximum absolute atomic E-state index is 6.05. The predicted octanol–water partition coefficient (Wildman–Crippen LogP) is 1.50. The van der Waals surface area contributed by atoms with Crippen LogP contribution in [0.15, 0.2) is 6.33 Å². The van der Waals surface area contributed by atoms with Crippen LogP contribution in [0.3, 0.4) is 0 Å². The fourth-order valence-electron chi connectivity index (χ4n) is 1.95. The molecule has 0 amide bonds. The minimum absolute atomic E-state index is 0.396. The maximum Gasteiger partial charge on any atom is 0.256 e. The average Bonchev–Trinajstić information content (AvgIpc) is 3.00. The monoisotopic (exact) mass is 268 g/mol. The molecular formula is C11H13ClN4O2. The Labute approximate surface area is 109 Å². The fraction of sp³-hybridized carbons (Fsp3) is 0.545. The van der Waals surface area contributed by atoms with Crippen molar-refractivity contribution in [2.75, 3.05) is 19.8 Å². The molecule has 0 saturated carbocycles. The Bertz CT molecular complexity index is 565. The van der Waals surface area contributed by atoms with Gasteiger partial charge >= 0.3 is 0 Å². The molecule has 1 fully saturated rings. The molecule has 7 heteroatoms. The van der Waals surface area contributed by atoms with Crippen LogP contribution < -0.4 is 4.74 Å². The van der Waals surface area contributed by atoms with Crippen molar-refractivity contribution in [3.8, 4) is 5.88 Å². The molecule has 1 atom stereocenters. The Morgan fingerprint density at radius 1 is 1.61 bits per heavy atom. The van der Waals surface area contributed by atoms with Gasteiger partial charge in [-0.25, -0.2) is 0 Å². The highest BCUT2D eigenvalue weighted by Gasteiger charge is 2.19. The van der Waals surface area contributed by atoms with Crippen LogP contribution in [0.5, 0.6) is 5.88 Å². The molecule has 0 N–H and O–H groups in total. The van der Waals surface area contributed by atoms with E-state index in [0.717, 1.165) is 25.2 Å². The lowest BCUT2D eigenvalue weighted by Crippen LogP contribution is -2.14. The van der Waals surface area contributed by atoms with E-state index in [2.05, 4.69) is 15.1 Å². The Hall–Kier alpha value is -1.40. The minimum Gasteiger partial charge on any atom is -0.477 e. The zero-order chi connectivity index (χ0) is 12.5. The molecule has 96 valence electrons. The standard InChI is InChI=1S/C11H13ClN4O2/c1-7-9(12)15-11-13-6-14-16(11)10(7)18-5-8-2-3-17-4-8/h6,8H,2-5H2,1H3. The zero-order valence-corrected chi connectivity index (χ0v) is 10.7. The molecule has 0 radical (unpaired) electrons. The Balaban J connectivity index is 1.89. The summed E-state index contributed by atoms with van der Waals surface area (Å²) in [5, 5.41) is 4.49. The molecule has 0 bridgehead atoms. The molecular weight excluding hydrogens is 256 g/mol. The average molecular weight is 269 g/mol. The van der Waals surface area contributed by atoms with Gasteiger partial charge in [0.2, 0.25) is 5.88 Å². The second-order valence-corrected chi connectivity index (χ2v) is 4.70. The lowest BCUT2D eigenvalue weighted by atomic mass is 10.1. The minimum atomic E-state index is 0.396. The van der Waals surface area contributed by atoms with Crippen LogP contribution in [-0.2, 0) is 4.74 Å². The van der Waals surface area contributed by atoms with Gasteiger partial charge < -0.3 is 9.47 Å². The highest BCUT2D eigenvalue weighted by atomic mass is 35.5. The van der Waals surface area contributed by atoms with Gasteiger partial charge in [-0.05, 0) is 13.3 Å². The maximum atomic E-state index is 6.05. The van der Waals surface area contributed by atoms with Gasteiger partial charge in [-0.3, -0.25) is 0 Å². The molecule has 2 aromatic heterocycles. The van der Waals surface area contributed by atoms with E-state index in [1.165, 1.54) is 6.33 Å². The molecule has 1 saturated heterocycles. The summed E-state index contributed by atoms with van der Waals surface area (Å²) in [5.41, 5.74) is 0.772. The highest BCUT2D eigenvalue weighted by molar-refractivity contribution is 6.30. The molecule has 18 heavy (non-hydrogen) atoms. The lowest BCUT2D eigenvalue weighted by Gasteiger charge is -2.13. The Morgan fingerprint density at radius 3 is 3.28 bits per heavy atom. The summed E-state index contributed by atoms with van der Waals surface area (Å²) < 4.78 is 12.7. The Kier molecular flexibility index (Phi) is 3.05. The van der Waals surface area contributed by atoms with E-state index in [1.807, 2.05) is 6.92 Å². The number of hydrogen-bond acceptors (Lipinski definition) is 5. The van der Waals surface area contributed by atoms with Crippen LogP contribution in [0, 0.1) is 12.8 Å². The first-order chi connectivity index (χ1) is 8.75. The fourth-order valence-corrected chi connectivity index (χ4v) is 2.11. The number of aromatic nitrogens is 4. The summed E-state index contributed by atoms with van der Waals surface area (Å²) in [4.78, 5) is 8.14. The normalized spacial score (nSPS) is 19.6. The van der Waals surface area contributed by atoms with Crippen LogP contribution in [-0.4, -0.2) is 39.4 Å². The topological polar surface area (TPSA) is 61.5 Å². The van der Waals surface area contributed by atoms with Gasteiger partial charge in [0.25, 0.3) is 5.78 Å². The number of ether oxygens (including phenoxy) is 2. The first kappa shape index (κ1) is 11.7. The number of rotatable bonds is 3. The number of nitrogens with zero attached hydrogens (tertiary/aromatic N) is 4. The summed E-state index contributed by atoms with van der Waals surface area (Å²) in [6.45, 7) is 4.01. The van der Waals surface area contributed by atoms with Crippen LogP contribution >= 0.6 is 11.6 Å². The van der Waals surface area contributed by atoms with E-state index >= 15 is 0 Å². The van der Waals surface area contributed by atoms with Gasteiger partial charge in [-0.2, -0.15) is 19.6 Å². The van der Waals surface area contributed by atoms with Gasteiger partial charge in [0.15, 0.2) is 0 Å². The molecule has 3 heterocycles.